The number of carbonyl (C=O) groups excluding carboxylic acids is 1. The SMILES string of the molecule is Cc1ccc(C(=O)NC(CCl)C(C)C)c(Cl)c1. The van der Waals surface area contributed by atoms with Crippen molar-refractivity contribution in [3.05, 3.63) is 34.3 Å². The van der Waals surface area contributed by atoms with Crippen LogP contribution in [0.3, 0.4) is 0 Å². The van der Waals surface area contributed by atoms with E-state index in [2.05, 4.69) is 5.32 Å². The molecule has 0 spiro atoms. The van der Waals surface area contributed by atoms with E-state index in [1.165, 1.54) is 0 Å². The Morgan fingerprint density at radius 1 is 1.41 bits per heavy atom. The molecule has 0 saturated carbocycles. The van der Waals surface area contributed by atoms with Crippen molar-refractivity contribution in [3.63, 3.8) is 0 Å². The van der Waals surface area contributed by atoms with Gasteiger partial charge in [-0.25, -0.2) is 0 Å². The van der Waals surface area contributed by atoms with E-state index in [-0.39, 0.29) is 11.9 Å². The predicted molar refractivity (Wildman–Crippen MR) is 73.0 cm³/mol. The Hall–Kier alpha value is -0.730. The Labute approximate surface area is 112 Å². The Bertz CT molecular complexity index is 404. The number of rotatable bonds is 4. The number of amides is 1. The number of benzene rings is 1. The summed E-state index contributed by atoms with van der Waals surface area (Å²) in [6.07, 6.45) is 0. The minimum Gasteiger partial charge on any atom is -0.348 e. The molecule has 0 aliphatic carbocycles. The molecule has 0 radical (unpaired) electrons. The summed E-state index contributed by atoms with van der Waals surface area (Å²) in [4.78, 5) is 12.0. The zero-order valence-corrected chi connectivity index (χ0v) is 11.8. The van der Waals surface area contributed by atoms with Gasteiger partial charge in [0.2, 0.25) is 0 Å². The summed E-state index contributed by atoms with van der Waals surface area (Å²) >= 11 is 11.8. The fourth-order valence-corrected chi connectivity index (χ4v) is 2.19. The molecule has 94 valence electrons. The van der Waals surface area contributed by atoms with Gasteiger partial charge in [-0.1, -0.05) is 31.5 Å². The first-order valence-corrected chi connectivity index (χ1v) is 6.50. The molecule has 0 aliphatic rings. The lowest BCUT2D eigenvalue weighted by Gasteiger charge is -2.20. The third-order valence-corrected chi connectivity index (χ3v) is 3.30. The molecule has 0 fully saturated rings. The average Bonchev–Trinajstić information content (AvgIpc) is 2.24. The van der Waals surface area contributed by atoms with Crippen LogP contribution in [-0.2, 0) is 0 Å². The van der Waals surface area contributed by atoms with Crippen LogP contribution in [0.5, 0.6) is 0 Å². The van der Waals surface area contributed by atoms with E-state index < -0.39 is 0 Å². The van der Waals surface area contributed by atoms with Gasteiger partial charge in [-0.15, -0.1) is 11.6 Å². The third-order valence-electron chi connectivity index (χ3n) is 2.66. The number of hydrogen-bond acceptors (Lipinski definition) is 1. The summed E-state index contributed by atoms with van der Waals surface area (Å²) in [7, 11) is 0. The first kappa shape index (κ1) is 14.3. The van der Waals surface area contributed by atoms with Crippen LogP contribution >= 0.6 is 23.2 Å². The van der Waals surface area contributed by atoms with Gasteiger partial charge in [-0.2, -0.15) is 0 Å². The van der Waals surface area contributed by atoms with Gasteiger partial charge in [0.15, 0.2) is 0 Å². The minimum absolute atomic E-state index is 0.0402. The molecule has 2 nitrogen and oxygen atoms in total. The minimum atomic E-state index is -0.172. The topological polar surface area (TPSA) is 29.1 Å². The smallest absolute Gasteiger partial charge is 0.253 e. The first-order chi connectivity index (χ1) is 7.95. The van der Waals surface area contributed by atoms with Crippen molar-refractivity contribution in [2.75, 3.05) is 5.88 Å². The fraction of sp³-hybridized carbons (Fsp3) is 0.462. The molecule has 1 atom stereocenters. The van der Waals surface area contributed by atoms with Gasteiger partial charge in [0.25, 0.3) is 5.91 Å². The van der Waals surface area contributed by atoms with E-state index in [0.717, 1.165) is 5.56 Å². The Morgan fingerprint density at radius 3 is 2.53 bits per heavy atom. The maximum atomic E-state index is 12.0. The monoisotopic (exact) mass is 273 g/mol. The fourth-order valence-electron chi connectivity index (χ4n) is 1.43. The van der Waals surface area contributed by atoms with Gasteiger partial charge in [-0.05, 0) is 30.5 Å². The quantitative estimate of drug-likeness (QED) is 0.834. The van der Waals surface area contributed by atoms with Crippen LogP contribution in [0.2, 0.25) is 5.02 Å². The molecule has 1 amide bonds. The third kappa shape index (κ3) is 3.90. The van der Waals surface area contributed by atoms with Crippen molar-refractivity contribution in [2.45, 2.75) is 26.8 Å². The van der Waals surface area contributed by atoms with Crippen molar-refractivity contribution >= 4 is 29.1 Å². The van der Waals surface area contributed by atoms with Crippen LogP contribution < -0.4 is 5.32 Å². The lowest BCUT2D eigenvalue weighted by molar-refractivity contribution is 0.0931. The van der Waals surface area contributed by atoms with Crippen LogP contribution in [0.1, 0.15) is 29.8 Å². The lowest BCUT2D eigenvalue weighted by Crippen LogP contribution is -2.39. The highest BCUT2D eigenvalue weighted by Gasteiger charge is 2.17. The lowest BCUT2D eigenvalue weighted by atomic mass is 10.1. The number of hydrogen-bond donors (Lipinski definition) is 1. The van der Waals surface area contributed by atoms with E-state index >= 15 is 0 Å². The molecule has 0 aliphatic heterocycles. The van der Waals surface area contributed by atoms with Crippen LogP contribution in [-0.4, -0.2) is 17.8 Å². The Kier molecular flexibility index (Phi) is 5.29. The van der Waals surface area contributed by atoms with Crippen molar-refractivity contribution in [1.29, 1.82) is 0 Å². The maximum Gasteiger partial charge on any atom is 0.253 e. The number of carbonyl (C=O) groups is 1. The summed E-state index contributed by atoms with van der Waals surface area (Å²) in [5.74, 6) is 0.516. The molecule has 4 heteroatoms. The molecule has 1 aromatic rings. The van der Waals surface area contributed by atoms with Crippen molar-refractivity contribution < 1.29 is 4.79 Å². The van der Waals surface area contributed by atoms with Crippen molar-refractivity contribution in [3.8, 4) is 0 Å². The molecule has 1 aromatic carbocycles. The molecule has 0 bridgehead atoms. The highest BCUT2D eigenvalue weighted by Crippen LogP contribution is 2.18. The van der Waals surface area contributed by atoms with E-state index in [4.69, 9.17) is 23.2 Å². The summed E-state index contributed by atoms with van der Waals surface area (Å²) < 4.78 is 0. The van der Waals surface area contributed by atoms with Crippen LogP contribution in [0, 0.1) is 12.8 Å². The number of alkyl halides is 1. The van der Waals surface area contributed by atoms with Gasteiger partial charge in [0.05, 0.1) is 10.6 Å². The largest absolute Gasteiger partial charge is 0.348 e. The molecule has 0 saturated heterocycles. The Morgan fingerprint density at radius 2 is 2.06 bits per heavy atom. The van der Waals surface area contributed by atoms with Crippen molar-refractivity contribution in [1.82, 2.24) is 5.32 Å². The molecule has 1 rings (SSSR count). The zero-order chi connectivity index (χ0) is 13.0. The van der Waals surface area contributed by atoms with Gasteiger partial charge >= 0.3 is 0 Å². The normalized spacial score (nSPS) is 12.6. The highest BCUT2D eigenvalue weighted by molar-refractivity contribution is 6.33. The summed E-state index contributed by atoms with van der Waals surface area (Å²) in [5, 5.41) is 3.36. The average molecular weight is 274 g/mol. The van der Waals surface area contributed by atoms with E-state index in [0.29, 0.717) is 22.4 Å². The summed E-state index contributed by atoms with van der Waals surface area (Å²) in [6, 6.07) is 5.34. The molecule has 1 unspecified atom stereocenters. The van der Waals surface area contributed by atoms with Crippen molar-refractivity contribution in [2.24, 2.45) is 5.92 Å². The second-order valence-corrected chi connectivity index (χ2v) is 5.18. The molecule has 17 heavy (non-hydrogen) atoms. The van der Waals surface area contributed by atoms with E-state index in [1.54, 1.807) is 12.1 Å². The predicted octanol–water partition coefficient (Wildman–Crippen LogP) is 3.64. The molecular weight excluding hydrogens is 257 g/mol. The van der Waals surface area contributed by atoms with Crippen LogP contribution in [0.25, 0.3) is 0 Å². The number of nitrogens with one attached hydrogen (secondary N) is 1. The van der Waals surface area contributed by atoms with Crippen LogP contribution in [0.4, 0.5) is 0 Å². The highest BCUT2D eigenvalue weighted by atomic mass is 35.5. The molecule has 1 N–H and O–H groups in total. The summed E-state index contributed by atoms with van der Waals surface area (Å²) in [6.45, 7) is 5.97. The zero-order valence-electron chi connectivity index (χ0n) is 10.3. The van der Waals surface area contributed by atoms with E-state index in [9.17, 15) is 4.79 Å². The van der Waals surface area contributed by atoms with Gasteiger partial charge in [0.1, 0.15) is 0 Å². The Balaban J connectivity index is 2.82. The first-order valence-electron chi connectivity index (χ1n) is 5.58. The maximum absolute atomic E-state index is 12.0. The van der Waals surface area contributed by atoms with Gasteiger partial charge in [-0.3, -0.25) is 4.79 Å². The molecular formula is C13H17Cl2NO. The standard InChI is InChI=1S/C13H17Cl2NO/c1-8(2)12(7-14)16-13(17)10-5-4-9(3)6-11(10)15/h4-6,8,12H,7H2,1-3H3,(H,16,17). The van der Waals surface area contributed by atoms with Crippen LogP contribution in [0.15, 0.2) is 18.2 Å². The van der Waals surface area contributed by atoms with E-state index in [1.807, 2.05) is 26.8 Å². The number of aryl methyl sites for hydroxylation is 1. The summed E-state index contributed by atoms with van der Waals surface area (Å²) in [5.41, 5.74) is 1.53. The van der Waals surface area contributed by atoms with Gasteiger partial charge in [0, 0.05) is 11.9 Å². The molecule has 0 aromatic heterocycles. The second kappa shape index (κ2) is 6.27. The van der Waals surface area contributed by atoms with Gasteiger partial charge < -0.3 is 5.32 Å². The second-order valence-electron chi connectivity index (χ2n) is 4.46. The molecule has 0 heterocycles. The number of halogens is 2.